The van der Waals surface area contributed by atoms with E-state index < -0.39 is 54.9 Å². The zero-order valence-electron chi connectivity index (χ0n) is 13.9. The van der Waals surface area contributed by atoms with Gasteiger partial charge in [0.05, 0.1) is 0 Å². The topological polar surface area (TPSA) is 21.3 Å². The molecule has 0 heterocycles. The molecule has 1 rings (SSSR count). The molecule has 1 N–H and O–H groups in total. The van der Waals surface area contributed by atoms with E-state index >= 15 is 0 Å². The smallest absolute Gasteiger partial charge is 0.460 e. The van der Waals surface area contributed by atoms with Gasteiger partial charge in [0, 0.05) is 5.69 Å². The molecule has 0 saturated heterocycles. The van der Waals surface area contributed by atoms with E-state index in [1.807, 2.05) is 5.32 Å². The normalized spacial score (nSPS) is 14.6. The second-order valence-corrected chi connectivity index (χ2v) is 5.71. The summed E-state index contributed by atoms with van der Waals surface area (Å²) in [5.74, 6) is -29.3. The Morgan fingerprint density at radius 2 is 1.10 bits per heavy atom. The summed E-state index contributed by atoms with van der Waals surface area (Å²) >= 11 is 0. The molecule has 1 aromatic carbocycles. The van der Waals surface area contributed by atoms with E-state index in [-0.39, 0.29) is 5.69 Å². The van der Waals surface area contributed by atoms with Gasteiger partial charge < -0.3 is 10.1 Å². The quantitative estimate of drug-likeness (QED) is 0.458. The molecule has 0 aliphatic rings. The summed E-state index contributed by atoms with van der Waals surface area (Å²) in [6, 6.07) is 2.78. The van der Waals surface area contributed by atoms with Gasteiger partial charge in [-0.2, -0.15) is 61.5 Å². The average Bonchev–Trinajstić information content (AvgIpc) is 2.57. The van der Waals surface area contributed by atoms with Gasteiger partial charge in [0.25, 0.3) is 0 Å². The highest BCUT2D eigenvalue weighted by molar-refractivity contribution is 5.46. The SMILES string of the molecule is FC(F)(F)CNc1ccc(OCC(F)(F)C(F)(F)C(F)(F)C(F)(F)C(F)(F)F)cc1. The number of ether oxygens (including phenoxy) is 1. The third kappa shape index (κ3) is 5.11. The zero-order chi connectivity index (χ0) is 23.8. The number of hydrogen-bond donors (Lipinski definition) is 1. The maximum atomic E-state index is 13.4. The van der Waals surface area contributed by atoms with Crippen molar-refractivity contribution in [1.29, 1.82) is 0 Å². The summed E-state index contributed by atoms with van der Waals surface area (Å²) in [5, 5.41) is 1.82. The van der Waals surface area contributed by atoms with Gasteiger partial charge in [0.1, 0.15) is 12.3 Å². The van der Waals surface area contributed by atoms with Crippen LogP contribution in [-0.4, -0.2) is 49.2 Å². The minimum absolute atomic E-state index is 0.256. The number of hydrogen-bond acceptors (Lipinski definition) is 2. The van der Waals surface area contributed by atoms with Crippen molar-refractivity contribution >= 4 is 5.69 Å². The van der Waals surface area contributed by atoms with Gasteiger partial charge in [0.2, 0.25) is 0 Å². The molecule has 0 aromatic heterocycles. The van der Waals surface area contributed by atoms with Crippen molar-refractivity contribution in [1.82, 2.24) is 0 Å². The summed E-state index contributed by atoms with van der Waals surface area (Å²) in [5.41, 5.74) is -0.256. The highest BCUT2D eigenvalue weighted by Crippen LogP contribution is 2.57. The molecule has 0 aliphatic carbocycles. The molecule has 0 atom stereocenters. The molecule has 30 heavy (non-hydrogen) atoms. The number of rotatable bonds is 8. The van der Waals surface area contributed by atoms with Crippen molar-refractivity contribution in [3.8, 4) is 5.75 Å². The molecule has 16 heteroatoms. The zero-order valence-corrected chi connectivity index (χ0v) is 13.9. The van der Waals surface area contributed by atoms with Gasteiger partial charge in [-0.25, -0.2) is 0 Å². The Morgan fingerprint density at radius 3 is 1.50 bits per heavy atom. The Kier molecular flexibility index (Phi) is 6.75. The largest absolute Gasteiger partial charge is 0.487 e. The van der Waals surface area contributed by atoms with Gasteiger partial charge in [-0.3, -0.25) is 0 Å². The van der Waals surface area contributed by atoms with Crippen molar-refractivity contribution in [3.63, 3.8) is 0 Å². The third-order valence-electron chi connectivity index (χ3n) is 3.37. The molecule has 0 amide bonds. The minimum Gasteiger partial charge on any atom is -0.487 e. The molecule has 2 nitrogen and oxygen atoms in total. The third-order valence-corrected chi connectivity index (χ3v) is 3.37. The maximum absolute atomic E-state index is 13.4. The van der Waals surface area contributed by atoms with Crippen LogP contribution in [0, 0.1) is 0 Å². The second kappa shape index (κ2) is 7.83. The standard InChI is InChI=1S/C14H9F14NO/c15-9(16,11(20,21)12(22,23)13(24,25)14(26,27)28)6-30-8-3-1-7(2-4-8)29-5-10(17,18)19/h1-4,29H,5-6H2. The predicted molar refractivity (Wildman–Crippen MR) is 72.3 cm³/mol. The lowest BCUT2D eigenvalue weighted by Gasteiger charge is -2.37. The second-order valence-electron chi connectivity index (χ2n) is 5.71. The van der Waals surface area contributed by atoms with Gasteiger partial charge in [-0.05, 0) is 24.3 Å². The molecule has 0 fully saturated rings. The van der Waals surface area contributed by atoms with Crippen molar-refractivity contribution in [2.75, 3.05) is 18.5 Å². The number of benzene rings is 1. The molecule has 0 bridgehead atoms. The lowest BCUT2D eigenvalue weighted by molar-refractivity contribution is -0.423. The van der Waals surface area contributed by atoms with Crippen LogP contribution in [0.5, 0.6) is 5.75 Å². The Balaban J connectivity index is 2.94. The lowest BCUT2D eigenvalue weighted by atomic mass is 9.98. The Bertz CT molecular complexity index is 707. The van der Waals surface area contributed by atoms with Crippen LogP contribution in [0.2, 0.25) is 0 Å². The van der Waals surface area contributed by atoms with Crippen LogP contribution >= 0.6 is 0 Å². The van der Waals surface area contributed by atoms with E-state index in [0.717, 1.165) is 12.1 Å². The fourth-order valence-electron chi connectivity index (χ4n) is 1.74. The first kappa shape index (κ1) is 25.9. The predicted octanol–water partition coefficient (Wildman–Crippen LogP) is 6.14. The number of alkyl halides is 14. The van der Waals surface area contributed by atoms with E-state index in [4.69, 9.17) is 0 Å². The number of nitrogens with one attached hydrogen (secondary N) is 1. The molecular formula is C14H9F14NO. The van der Waals surface area contributed by atoms with Crippen LogP contribution < -0.4 is 10.1 Å². The van der Waals surface area contributed by atoms with Gasteiger partial charge in [-0.15, -0.1) is 0 Å². The van der Waals surface area contributed by atoms with Crippen LogP contribution in [0.15, 0.2) is 24.3 Å². The minimum atomic E-state index is -7.55. The average molecular weight is 473 g/mol. The molecule has 0 spiro atoms. The van der Waals surface area contributed by atoms with E-state index in [2.05, 4.69) is 4.74 Å². The van der Waals surface area contributed by atoms with Crippen LogP contribution in [0.1, 0.15) is 0 Å². The van der Waals surface area contributed by atoms with Gasteiger partial charge in [0.15, 0.2) is 6.61 Å². The van der Waals surface area contributed by atoms with Crippen molar-refractivity contribution in [2.45, 2.75) is 36.0 Å². The highest BCUT2D eigenvalue weighted by atomic mass is 19.4. The summed E-state index contributed by atoms with van der Waals surface area (Å²) in [7, 11) is 0. The maximum Gasteiger partial charge on any atom is 0.460 e. The van der Waals surface area contributed by atoms with Crippen LogP contribution in [0.4, 0.5) is 67.2 Å². The Morgan fingerprint density at radius 1 is 0.633 bits per heavy atom. The van der Waals surface area contributed by atoms with Gasteiger partial charge >= 0.3 is 36.0 Å². The van der Waals surface area contributed by atoms with E-state index in [9.17, 15) is 61.5 Å². The van der Waals surface area contributed by atoms with E-state index in [0.29, 0.717) is 12.1 Å². The van der Waals surface area contributed by atoms with Crippen molar-refractivity contribution < 1.29 is 66.2 Å². The van der Waals surface area contributed by atoms with Crippen LogP contribution in [-0.2, 0) is 0 Å². The molecule has 0 radical (unpaired) electrons. The van der Waals surface area contributed by atoms with E-state index in [1.54, 1.807) is 0 Å². The Hall–Kier alpha value is -2.16. The molecule has 0 unspecified atom stereocenters. The molecule has 0 saturated carbocycles. The summed E-state index contributed by atoms with van der Waals surface area (Å²) in [6.07, 6.45) is -11.9. The first-order valence-electron chi connectivity index (χ1n) is 7.27. The fourth-order valence-corrected chi connectivity index (χ4v) is 1.74. The number of halogens is 14. The number of anilines is 1. The van der Waals surface area contributed by atoms with Crippen molar-refractivity contribution in [3.05, 3.63) is 24.3 Å². The van der Waals surface area contributed by atoms with Crippen LogP contribution in [0.3, 0.4) is 0 Å². The first-order valence-corrected chi connectivity index (χ1v) is 7.27. The van der Waals surface area contributed by atoms with E-state index in [1.165, 1.54) is 0 Å². The van der Waals surface area contributed by atoms with Gasteiger partial charge in [-0.1, -0.05) is 0 Å². The lowest BCUT2D eigenvalue weighted by Crippen LogP contribution is -2.67. The molecule has 1 aromatic rings. The fraction of sp³-hybridized carbons (Fsp3) is 0.571. The summed E-state index contributed by atoms with van der Waals surface area (Å²) < 4.78 is 181. The first-order chi connectivity index (χ1) is 13.2. The monoisotopic (exact) mass is 473 g/mol. The summed E-state index contributed by atoms with van der Waals surface area (Å²) in [6.45, 7) is -4.27. The molecule has 174 valence electrons. The molecular weight excluding hydrogens is 464 g/mol. The summed E-state index contributed by atoms with van der Waals surface area (Å²) in [4.78, 5) is 0. The van der Waals surface area contributed by atoms with Crippen molar-refractivity contribution in [2.24, 2.45) is 0 Å². The highest BCUT2D eigenvalue weighted by Gasteiger charge is 2.87. The van der Waals surface area contributed by atoms with Crippen LogP contribution in [0.25, 0.3) is 0 Å². The molecule has 0 aliphatic heterocycles. The Labute approximate surface area is 157 Å².